The summed E-state index contributed by atoms with van der Waals surface area (Å²) in [7, 11) is 0. The molecule has 3 N–H and O–H groups in total. The van der Waals surface area contributed by atoms with Crippen molar-refractivity contribution in [1.82, 2.24) is 15.8 Å². The molecule has 3 heterocycles. The minimum Gasteiger partial charge on any atom is -0.468 e. The summed E-state index contributed by atoms with van der Waals surface area (Å²) in [6.07, 6.45) is 2.25. The fourth-order valence-corrected chi connectivity index (χ4v) is 4.34. The number of aromatic nitrogens is 1. The predicted molar refractivity (Wildman–Crippen MR) is 118 cm³/mol. The second-order valence-corrected chi connectivity index (χ2v) is 7.98. The summed E-state index contributed by atoms with van der Waals surface area (Å²) in [6.45, 7) is 0. The number of thiazole rings is 1. The number of rotatable bonds is 5. The van der Waals surface area contributed by atoms with E-state index < -0.39 is 0 Å². The molecule has 2 atom stereocenters. The van der Waals surface area contributed by atoms with Crippen LogP contribution in [0.5, 0.6) is 0 Å². The van der Waals surface area contributed by atoms with Crippen molar-refractivity contribution in [3.05, 3.63) is 84.1 Å². The third kappa shape index (κ3) is 3.91. The zero-order valence-electron chi connectivity index (χ0n) is 16.0. The van der Waals surface area contributed by atoms with Gasteiger partial charge in [0.1, 0.15) is 16.8 Å². The monoisotopic (exact) mass is 416 g/mol. The molecule has 30 heavy (non-hydrogen) atoms. The molecule has 0 saturated carbocycles. The standard InChI is InChI=1S/C23H20N4O2S/c28-22(19-13-18(26-27-19)21-10-5-11-29-21)24-17-9-4-8-16(12-17)20-14-30-23(25-20)15-6-2-1-3-7-15/h1-12,14,18-19,26-27H,13H2,(H,24,28). The average molecular weight is 417 g/mol. The molecule has 0 spiro atoms. The number of carbonyl (C=O) groups excluding carboxylic acids is 1. The van der Waals surface area contributed by atoms with Gasteiger partial charge in [-0.15, -0.1) is 11.3 Å². The van der Waals surface area contributed by atoms with Crippen molar-refractivity contribution in [2.45, 2.75) is 18.5 Å². The number of furan rings is 1. The summed E-state index contributed by atoms with van der Waals surface area (Å²) >= 11 is 1.61. The van der Waals surface area contributed by atoms with Gasteiger partial charge in [-0.2, -0.15) is 0 Å². The van der Waals surface area contributed by atoms with Gasteiger partial charge in [0.25, 0.3) is 0 Å². The quantitative estimate of drug-likeness (QED) is 0.443. The number of nitrogens with one attached hydrogen (secondary N) is 3. The molecule has 0 aliphatic carbocycles. The van der Waals surface area contributed by atoms with Crippen LogP contribution in [0.15, 0.2) is 82.8 Å². The predicted octanol–water partition coefficient (Wildman–Crippen LogP) is 4.62. The Morgan fingerprint density at radius 2 is 1.90 bits per heavy atom. The Morgan fingerprint density at radius 3 is 2.73 bits per heavy atom. The molecule has 1 amide bonds. The third-order valence-corrected chi connectivity index (χ3v) is 5.95. The van der Waals surface area contributed by atoms with E-state index in [1.807, 2.05) is 60.0 Å². The van der Waals surface area contributed by atoms with Crippen LogP contribution in [0.25, 0.3) is 21.8 Å². The molecule has 2 aromatic heterocycles. The molecule has 1 saturated heterocycles. The first kappa shape index (κ1) is 18.7. The zero-order valence-corrected chi connectivity index (χ0v) is 16.9. The Balaban J connectivity index is 1.28. The Kier molecular flexibility index (Phi) is 5.15. The number of hydrogen-bond donors (Lipinski definition) is 3. The van der Waals surface area contributed by atoms with Gasteiger partial charge in [-0.3, -0.25) is 4.79 Å². The van der Waals surface area contributed by atoms with Crippen molar-refractivity contribution < 1.29 is 9.21 Å². The van der Waals surface area contributed by atoms with E-state index in [1.54, 1.807) is 17.6 Å². The largest absolute Gasteiger partial charge is 0.468 e. The van der Waals surface area contributed by atoms with Crippen LogP contribution in [0.4, 0.5) is 5.69 Å². The van der Waals surface area contributed by atoms with Crippen LogP contribution in [0, 0.1) is 0 Å². The van der Waals surface area contributed by atoms with Gasteiger partial charge in [0.05, 0.1) is 18.0 Å². The molecule has 0 radical (unpaired) electrons. The highest BCUT2D eigenvalue weighted by Crippen LogP contribution is 2.30. The number of amides is 1. The zero-order chi connectivity index (χ0) is 20.3. The first-order chi connectivity index (χ1) is 14.8. The summed E-state index contributed by atoms with van der Waals surface area (Å²) in [4.78, 5) is 17.5. The Morgan fingerprint density at radius 1 is 1.03 bits per heavy atom. The molecule has 6 nitrogen and oxygen atoms in total. The van der Waals surface area contributed by atoms with E-state index in [0.717, 1.165) is 33.3 Å². The maximum absolute atomic E-state index is 12.7. The van der Waals surface area contributed by atoms with Gasteiger partial charge in [-0.1, -0.05) is 42.5 Å². The van der Waals surface area contributed by atoms with Crippen LogP contribution in [-0.2, 0) is 4.79 Å². The lowest BCUT2D eigenvalue weighted by Gasteiger charge is -2.11. The van der Waals surface area contributed by atoms with Crippen LogP contribution in [0.2, 0.25) is 0 Å². The van der Waals surface area contributed by atoms with Gasteiger partial charge in [0.2, 0.25) is 5.91 Å². The van der Waals surface area contributed by atoms with Crippen LogP contribution in [0.3, 0.4) is 0 Å². The van der Waals surface area contributed by atoms with Crippen molar-refractivity contribution in [1.29, 1.82) is 0 Å². The SMILES string of the molecule is O=C(Nc1cccc(-c2csc(-c3ccccc3)n2)c1)C1CC(c2ccco2)NN1. The van der Waals surface area contributed by atoms with Gasteiger partial charge >= 0.3 is 0 Å². The fraction of sp³-hybridized carbons (Fsp3) is 0.130. The average Bonchev–Trinajstić information content (AvgIpc) is 3.56. The molecular weight excluding hydrogens is 396 g/mol. The van der Waals surface area contributed by atoms with Gasteiger partial charge in [0, 0.05) is 22.2 Å². The molecule has 5 rings (SSSR count). The molecular formula is C23H20N4O2S. The number of anilines is 1. The molecule has 0 bridgehead atoms. The summed E-state index contributed by atoms with van der Waals surface area (Å²) in [5.74, 6) is 0.731. The van der Waals surface area contributed by atoms with Crippen molar-refractivity contribution >= 4 is 22.9 Å². The molecule has 2 aromatic carbocycles. The van der Waals surface area contributed by atoms with E-state index in [2.05, 4.69) is 28.3 Å². The minimum atomic E-state index is -0.340. The smallest absolute Gasteiger partial charge is 0.242 e. The van der Waals surface area contributed by atoms with Gasteiger partial charge in [-0.25, -0.2) is 15.8 Å². The minimum absolute atomic E-state index is 0.0199. The molecule has 150 valence electrons. The van der Waals surface area contributed by atoms with Gasteiger partial charge < -0.3 is 9.73 Å². The molecule has 1 aliphatic rings. The van der Waals surface area contributed by atoms with Crippen molar-refractivity contribution in [3.63, 3.8) is 0 Å². The lowest BCUT2D eigenvalue weighted by Crippen LogP contribution is -2.39. The topological polar surface area (TPSA) is 79.2 Å². The highest BCUT2D eigenvalue weighted by atomic mass is 32.1. The Hall–Kier alpha value is -3.26. The Bertz CT molecular complexity index is 1140. The van der Waals surface area contributed by atoms with E-state index in [4.69, 9.17) is 9.40 Å². The van der Waals surface area contributed by atoms with Crippen LogP contribution in [-0.4, -0.2) is 16.9 Å². The van der Waals surface area contributed by atoms with Crippen molar-refractivity contribution in [2.24, 2.45) is 0 Å². The van der Waals surface area contributed by atoms with Crippen LogP contribution >= 0.6 is 11.3 Å². The number of benzene rings is 2. The first-order valence-corrected chi connectivity index (χ1v) is 10.6. The highest BCUT2D eigenvalue weighted by Gasteiger charge is 2.31. The second kappa shape index (κ2) is 8.23. The maximum atomic E-state index is 12.7. The number of carbonyl (C=O) groups is 1. The van der Waals surface area contributed by atoms with Gasteiger partial charge in [-0.05, 0) is 30.7 Å². The molecule has 2 unspecified atom stereocenters. The number of hydrogen-bond acceptors (Lipinski definition) is 6. The van der Waals surface area contributed by atoms with Crippen molar-refractivity contribution in [3.8, 4) is 21.8 Å². The number of hydrazine groups is 1. The Labute approximate surface area is 177 Å². The summed E-state index contributed by atoms with van der Waals surface area (Å²) in [5.41, 5.74) is 9.88. The lowest BCUT2D eigenvalue weighted by molar-refractivity contribution is -0.117. The fourth-order valence-electron chi connectivity index (χ4n) is 3.51. The van der Waals surface area contributed by atoms with Crippen LogP contribution in [0.1, 0.15) is 18.2 Å². The molecule has 1 fully saturated rings. The van der Waals surface area contributed by atoms with Crippen molar-refractivity contribution in [2.75, 3.05) is 5.32 Å². The molecule has 4 aromatic rings. The number of nitrogens with zero attached hydrogens (tertiary/aromatic N) is 1. The summed E-state index contributed by atoms with van der Waals surface area (Å²) in [6, 6.07) is 21.3. The van der Waals surface area contributed by atoms with E-state index >= 15 is 0 Å². The second-order valence-electron chi connectivity index (χ2n) is 7.12. The molecule has 7 heteroatoms. The summed E-state index contributed by atoms with van der Waals surface area (Å²) in [5, 5.41) is 6.02. The molecule has 1 aliphatic heterocycles. The van der Waals surface area contributed by atoms with E-state index in [1.165, 1.54) is 0 Å². The third-order valence-electron chi connectivity index (χ3n) is 5.06. The normalized spacial score (nSPS) is 18.4. The van der Waals surface area contributed by atoms with E-state index in [-0.39, 0.29) is 18.0 Å². The van der Waals surface area contributed by atoms with E-state index in [9.17, 15) is 4.79 Å². The van der Waals surface area contributed by atoms with Crippen LogP contribution < -0.4 is 16.2 Å². The van der Waals surface area contributed by atoms with E-state index in [0.29, 0.717) is 6.42 Å². The lowest BCUT2D eigenvalue weighted by atomic mass is 10.1. The first-order valence-electron chi connectivity index (χ1n) is 9.73. The maximum Gasteiger partial charge on any atom is 0.242 e. The summed E-state index contributed by atoms with van der Waals surface area (Å²) < 4.78 is 5.42. The van der Waals surface area contributed by atoms with Gasteiger partial charge in [0.15, 0.2) is 0 Å². The highest BCUT2D eigenvalue weighted by molar-refractivity contribution is 7.13.